The van der Waals surface area contributed by atoms with Gasteiger partial charge in [-0.1, -0.05) is 0 Å². The Morgan fingerprint density at radius 1 is 1.42 bits per heavy atom. The van der Waals surface area contributed by atoms with Gasteiger partial charge in [0.05, 0.1) is 26.1 Å². The summed E-state index contributed by atoms with van der Waals surface area (Å²) < 4.78 is 33.0. The second kappa shape index (κ2) is 8.04. The zero-order valence-electron chi connectivity index (χ0n) is 10.9. The maximum absolute atomic E-state index is 11.8. The number of likely N-dealkylation sites (tertiary alicyclic amines) is 1. The number of amides is 1. The molecule has 0 aliphatic carbocycles. The summed E-state index contributed by atoms with van der Waals surface area (Å²) in [4.78, 5) is 24.8. The van der Waals surface area contributed by atoms with Gasteiger partial charge in [0.1, 0.15) is 6.61 Å². The molecule has 0 aromatic carbocycles. The maximum atomic E-state index is 11.8. The molecular formula is C12H19F2NO4. The normalized spacial score (nSPS) is 19.6. The molecule has 1 aliphatic heterocycles. The summed E-state index contributed by atoms with van der Waals surface area (Å²) in [5, 5.41) is 0. The van der Waals surface area contributed by atoms with Crippen LogP contribution in [0.15, 0.2) is 0 Å². The average molecular weight is 279 g/mol. The van der Waals surface area contributed by atoms with E-state index in [1.807, 2.05) is 0 Å². The molecule has 0 bridgehead atoms. The fourth-order valence-electron chi connectivity index (χ4n) is 2.05. The Kier molecular flexibility index (Phi) is 6.69. The predicted molar refractivity (Wildman–Crippen MR) is 62.8 cm³/mol. The number of hydrogen-bond acceptors (Lipinski definition) is 4. The first-order valence-electron chi connectivity index (χ1n) is 6.26. The molecule has 19 heavy (non-hydrogen) atoms. The third-order valence-electron chi connectivity index (χ3n) is 3.01. The number of esters is 1. The van der Waals surface area contributed by atoms with Crippen LogP contribution in [0.2, 0.25) is 0 Å². The molecule has 0 aromatic heterocycles. The highest BCUT2D eigenvalue weighted by atomic mass is 19.3. The number of methoxy groups -OCH3 is 1. The molecule has 1 amide bonds. The molecule has 7 heteroatoms. The van der Waals surface area contributed by atoms with Crippen LogP contribution in [0.1, 0.15) is 19.3 Å². The van der Waals surface area contributed by atoms with Gasteiger partial charge in [0.2, 0.25) is 5.91 Å². The number of carbonyl (C=O) groups is 2. The molecule has 1 fully saturated rings. The first kappa shape index (κ1) is 15.8. The first-order chi connectivity index (χ1) is 9.04. The molecular weight excluding hydrogens is 260 g/mol. The lowest BCUT2D eigenvalue weighted by atomic mass is 9.98. The van der Waals surface area contributed by atoms with E-state index in [0.717, 1.165) is 6.42 Å². The van der Waals surface area contributed by atoms with Crippen molar-refractivity contribution < 1.29 is 27.8 Å². The summed E-state index contributed by atoms with van der Waals surface area (Å²) >= 11 is 0. The summed E-state index contributed by atoms with van der Waals surface area (Å²) in [5.74, 6) is -0.779. The predicted octanol–water partition coefficient (Wildman–Crippen LogP) is 1.07. The molecule has 0 aromatic rings. The summed E-state index contributed by atoms with van der Waals surface area (Å²) in [5.41, 5.74) is 0. The fourth-order valence-corrected chi connectivity index (χ4v) is 2.05. The number of halogens is 2. The highest BCUT2D eigenvalue weighted by Gasteiger charge is 2.28. The lowest BCUT2D eigenvalue weighted by Gasteiger charge is -2.31. The zero-order chi connectivity index (χ0) is 14.3. The van der Waals surface area contributed by atoms with E-state index in [-0.39, 0.29) is 30.8 Å². The number of alkyl halides is 2. The minimum absolute atomic E-state index is 0.0252. The van der Waals surface area contributed by atoms with E-state index in [0.29, 0.717) is 19.5 Å². The average Bonchev–Trinajstić information content (AvgIpc) is 2.42. The van der Waals surface area contributed by atoms with Gasteiger partial charge in [0.25, 0.3) is 6.43 Å². The quantitative estimate of drug-likeness (QED) is 0.539. The van der Waals surface area contributed by atoms with Crippen LogP contribution < -0.4 is 0 Å². The molecule has 5 nitrogen and oxygen atoms in total. The number of ether oxygens (including phenoxy) is 2. The summed E-state index contributed by atoms with van der Waals surface area (Å²) in [6.07, 6.45) is -1.02. The molecule has 110 valence electrons. The molecule has 0 saturated carbocycles. The van der Waals surface area contributed by atoms with Crippen LogP contribution >= 0.6 is 0 Å². The fraction of sp³-hybridized carbons (Fsp3) is 0.833. The molecule has 1 rings (SSSR count). The molecule has 0 N–H and O–H groups in total. The third-order valence-corrected chi connectivity index (χ3v) is 3.01. The number of hydrogen-bond donors (Lipinski definition) is 0. The van der Waals surface area contributed by atoms with E-state index < -0.39 is 13.0 Å². The van der Waals surface area contributed by atoms with E-state index >= 15 is 0 Å². The molecule has 1 atom stereocenters. The van der Waals surface area contributed by atoms with E-state index in [4.69, 9.17) is 0 Å². The summed E-state index contributed by atoms with van der Waals surface area (Å²) in [6, 6.07) is 0. The van der Waals surface area contributed by atoms with Crippen molar-refractivity contribution in [3.05, 3.63) is 0 Å². The van der Waals surface area contributed by atoms with Gasteiger partial charge in [-0.25, -0.2) is 8.78 Å². The maximum Gasteiger partial charge on any atom is 0.310 e. The molecule has 0 spiro atoms. The van der Waals surface area contributed by atoms with Crippen LogP contribution in [-0.4, -0.2) is 56.6 Å². The second-order valence-corrected chi connectivity index (χ2v) is 4.42. The Labute approximate surface area is 110 Å². The van der Waals surface area contributed by atoms with Gasteiger partial charge in [-0.3, -0.25) is 9.59 Å². The van der Waals surface area contributed by atoms with Crippen LogP contribution in [0.5, 0.6) is 0 Å². The van der Waals surface area contributed by atoms with Crippen molar-refractivity contribution >= 4 is 11.9 Å². The smallest absolute Gasteiger partial charge is 0.310 e. The Bertz CT molecular complexity index is 312. The summed E-state index contributed by atoms with van der Waals surface area (Å²) in [6.45, 7) is 0.238. The van der Waals surface area contributed by atoms with Crippen LogP contribution in [0.4, 0.5) is 8.78 Å². The standard InChI is InChI=1S/C12H19F2NO4/c1-18-12(17)9-3-2-5-15(7-9)11(16)4-6-19-8-10(13)14/h9-10H,2-8H2,1H3/t9-/m0/s1. The van der Waals surface area contributed by atoms with Gasteiger partial charge in [-0.05, 0) is 12.8 Å². The van der Waals surface area contributed by atoms with Gasteiger partial charge in [-0.15, -0.1) is 0 Å². The van der Waals surface area contributed by atoms with Crippen LogP contribution in [0, 0.1) is 5.92 Å². The van der Waals surface area contributed by atoms with Gasteiger partial charge >= 0.3 is 5.97 Å². The van der Waals surface area contributed by atoms with E-state index in [1.165, 1.54) is 7.11 Å². The largest absolute Gasteiger partial charge is 0.469 e. The third kappa shape index (κ3) is 5.50. The van der Waals surface area contributed by atoms with E-state index in [9.17, 15) is 18.4 Å². The molecule has 1 saturated heterocycles. The van der Waals surface area contributed by atoms with Gasteiger partial charge < -0.3 is 14.4 Å². The lowest BCUT2D eigenvalue weighted by molar-refractivity contribution is -0.149. The Balaban J connectivity index is 2.29. The topological polar surface area (TPSA) is 55.8 Å². The molecule has 1 aliphatic rings. The van der Waals surface area contributed by atoms with Crippen molar-refractivity contribution in [2.75, 3.05) is 33.4 Å². The summed E-state index contributed by atoms with van der Waals surface area (Å²) in [7, 11) is 1.32. The second-order valence-electron chi connectivity index (χ2n) is 4.42. The van der Waals surface area contributed by atoms with Crippen molar-refractivity contribution in [3.63, 3.8) is 0 Å². The van der Waals surface area contributed by atoms with Crippen molar-refractivity contribution in [1.29, 1.82) is 0 Å². The number of piperidine rings is 1. The van der Waals surface area contributed by atoms with Crippen molar-refractivity contribution in [2.45, 2.75) is 25.7 Å². The van der Waals surface area contributed by atoms with Crippen LogP contribution in [0.25, 0.3) is 0 Å². The molecule has 0 radical (unpaired) electrons. The Morgan fingerprint density at radius 3 is 2.79 bits per heavy atom. The van der Waals surface area contributed by atoms with Crippen molar-refractivity contribution in [2.24, 2.45) is 5.92 Å². The van der Waals surface area contributed by atoms with Gasteiger partial charge in [0.15, 0.2) is 0 Å². The Morgan fingerprint density at radius 2 is 2.16 bits per heavy atom. The van der Waals surface area contributed by atoms with Gasteiger partial charge in [0, 0.05) is 13.1 Å². The monoisotopic (exact) mass is 279 g/mol. The Hall–Kier alpha value is -1.24. The van der Waals surface area contributed by atoms with Crippen LogP contribution in [0.3, 0.4) is 0 Å². The van der Waals surface area contributed by atoms with E-state index in [2.05, 4.69) is 9.47 Å². The number of carbonyl (C=O) groups excluding carboxylic acids is 2. The highest BCUT2D eigenvalue weighted by Crippen LogP contribution is 2.18. The SMILES string of the molecule is COC(=O)[C@H]1CCCN(C(=O)CCOCC(F)F)C1. The minimum atomic E-state index is -2.52. The molecule has 0 unspecified atom stereocenters. The minimum Gasteiger partial charge on any atom is -0.469 e. The lowest BCUT2D eigenvalue weighted by Crippen LogP contribution is -2.42. The molecule has 1 heterocycles. The zero-order valence-corrected chi connectivity index (χ0v) is 10.9. The first-order valence-corrected chi connectivity index (χ1v) is 6.26. The highest BCUT2D eigenvalue weighted by molar-refractivity contribution is 5.78. The van der Waals surface area contributed by atoms with E-state index in [1.54, 1.807) is 4.90 Å². The van der Waals surface area contributed by atoms with Crippen LogP contribution in [-0.2, 0) is 19.1 Å². The van der Waals surface area contributed by atoms with Crippen molar-refractivity contribution in [1.82, 2.24) is 4.90 Å². The van der Waals surface area contributed by atoms with Gasteiger partial charge in [-0.2, -0.15) is 0 Å². The number of nitrogens with zero attached hydrogens (tertiary/aromatic N) is 1. The number of rotatable bonds is 6. The van der Waals surface area contributed by atoms with Crippen molar-refractivity contribution in [3.8, 4) is 0 Å².